The molecule has 0 aromatic heterocycles. The molecule has 2 heteroatoms. The van der Waals surface area contributed by atoms with Gasteiger partial charge in [0.05, 0.1) is 6.61 Å². The Hall–Kier alpha value is -1.15. The van der Waals surface area contributed by atoms with E-state index in [-0.39, 0.29) is 0 Å². The van der Waals surface area contributed by atoms with E-state index in [9.17, 15) is 0 Å². The Kier molecular flexibility index (Phi) is 2.64. The summed E-state index contributed by atoms with van der Waals surface area (Å²) in [7, 11) is 0. The van der Waals surface area contributed by atoms with Crippen LogP contribution in [0.3, 0.4) is 0 Å². The molecule has 1 nitrogen and oxygen atoms in total. The smallest absolute Gasteiger partial charge is 0.127 e. The van der Waals surface area contributed by atoms with Gasteiger partial charge in [-0.3, -0.25) is 0 Å². The number of ether oxygens (including phenoxy) is 1. The summed E-state index contributed by atoms with van der Waals surface area (Å²) in [5, 5.41) is 2.27. The zero-order valence-electron chi connectivity index (χ0n) is 8.03. The Morgan fingerprint density at radius 1 is 1.07 bits per heavy atom. The summed E-state index contributed by atoms with van der Waals surface area (Å²) in [5.74, 6) is 0.931. The van der Waals surface area contributed by atoms with Crippen LogP contribution >= 0.6 is 12.6 Å². The second-order valence-corrected chi connectivity index (χ2v) is 3.54. The molecule has 72 valence electrons. The first-order valence-electron chi connectivity index (χ1n) is 4.66. The van der Waals surface area contributed by atoms with Crippen LogP contribution in [0.15, 0.2) is 41.3 Å². The SMILES string of the molecule is CCOc1ccc(S)c2ccccc12. The highest BCUT2D eigenvalue weighted by Crippen LogP contribution is 2.30. The van der Waals surface area contributed by atoms with Crippen molar-refractivity contribution in [1.29, 1.82) is 0 Å². The molecule has 0 fully saturated rings. The lowest BCUT2D eigenvalue weighted by Crippen LogP contribution is -1.92. The number of benzene rings is 2. The Morgan fingerprint density at radius 2 is 1.79 bits per heavy atom. The van der Waals surface area contributed by atoms with Crippen molar-refractivity contribution in [1.82, 2.24) is 0 Å². The molecule has 0 aliphatic rings. The Bertz CT molecular complexity index is 451. The van der Waals surface area contributed by atoms with Crippen molar-refractivity contribution >= 4 is 23.4 Å². The van der Waals surface area contributed by atoms with Gasteiger partial charge < -0.3 is 4.74 Å². The highest BCUT2D eigenvalue weighted by atomic mass is 32.1. The van der Waals surface area contributed by atoms with Gasteiger partial charge in [0, 0.05) is 10.3 Å². The Labute approximate surface area is 89.1 Å². The van der Waals surface area contributed by atoms with Crippen molar-refractivity contribution in [3.05, 3.63) is 36.4 Å². The summed E-state index contributed by atoms with van der Waals surface area (Å²) in [6.07, 6.45) is 0. The predicted molar refractivity (Wildman–Crippen MR) is 62.4 cm³/mol. The second kappa shape index (κ2) is 3.93. The summed E-state index contributed by atoms with van der Waals surface area (Å²) in [4.78, 5) is 0.990. The molecule has 0 spiro atoms. The summed E-state index contributed by atoms with van der Waals surface area (Å²) in [6.45, 7) is 2.68. The van der Waals surface area contributed by atoms with Gasteiger partial charge in [0.2, 0.25) is 0 Å². The van der Waals surface area contributed by atoms with Crippen molar-refractivity contribution in [3.8, 4) is 5.75 Å². The van der Waals surface area contributed by atoms with Gasteiger partial charge >= 0.3 is 0 Å². The fourth-order valence-electron chi connectivity index (χ4n) is 1.54. The van der Waals surface area contributed by atoms with E-state index in [2.05, 4.69) is 24.8 Å². The molecule has 0 heterocycles. The molecule has 0 atom stereocenters. The van der Waals surface area contributed by atoms with Crippen molar-refractivity contribution < 1.29 is 4.74 Å². The van der Waals surface area contributed by atoms with E-state index in [1.54, 1.807) is 0 Å². The zero-order chi connectivity index (χ0) is 9.97. The third-order valence-electron chi connectivity index (χ3n) is 2.16. The lowest BCUT2D eigenvalue weighted by Gasteiger charge is -2.08. The topological polar surface area (TPSA) is 9.23 Å². The number of thiol groups is 1. The van der Waals surface area contributed by atoms with Crippen LogP contribution in [0.2, 0.25) is 0 Å². The minimum absolute atomic E-state index is 0.690. The quantitative estimate of drug-likeness (QED) is 0.736. The average molecular weight is 204 g/mol. The Balaban J connectivity index is 2.68. The van der Waals surface area contributed by atoms with E-state index in [0.717, 1.165) is 21.4 Å². The van der Waals surface area contributed by atoms with E-state index in [0.29, 0.717) is 6.61 Å². The third kappa shape index (κ3) is 1.58. The predicted octanol–water partition coefficient (Wildman–Crippen LogP) is 3.53. The average Bonchev–Trinajstić information content (AvgIpc) is 2.23. The summed E-state index contributed by atoms with van der Waals surface area (Å²) in [6, 6.07) is 12.1. The first-order chi connectivity index (χ1) is 6.83. The Morgan fingerprint density at radius 3 is 2.50 bits per heavy atom. The van der Waals surface area contributed by atoms with Crippen molar-refractivity contribution in [3.63, 3.8) is 0 Å². The lowest BCUT2D eigenvalue weighted by atomic mass is 10.1. The van der Waals surface area contributed by atoms with E-state index < -0.39 is 0 Å². The largest absolute Gasteiger partial charge is 0.493 e. The van der Waals surface area contributed by atoms with Crippen LogP contribution in [-0.4, -0.2) is 6.61 Å². The van der Waals surface area contributed by atoms with Crippen LogP contribution in [0.5, 0.6) is 5.75 Å². The minimum atomic E-state index is 0.690. The van der Waals surface area contributed by atoms with Crippen LogP contribution in [0.1, 0.15) is 6.92 Å². The van der Waals surface area contributed by atoms with Crippen LogP contribution in [-0.2, 0) is 0 Å². The molecule has 0 saturated carbocycles. The molecule has 2 aromatic rings. The van der Waals surface area contributed by atoms with Gasteiger partial charge in [0.25, 0.3) is 0 Å². The van der Waals surface area contributed by atoms with Gasteiger partial charge in [-0.25, -0.2) is 0 Å². The normalized spacial score (nSPS) is 10.4. The lowest BCUT2D eigenvalue weighted by molar-refractivity contribution is 0.344. The first-order valence-corrected chi connectivity index (χ1v) is 5.11. The van der Waals surface area contributed by atoms with Crippen molar-refractivity contribution in [2.45, 2.75) is 11.8 Å². The van der Waals surface area contributed by atoms with Crippen LogP contribution in [0, 0.1) is 0 Å². The van der Waals surface area contributed by atoms with E-state index >= 15 is 0 Å². The van der Waals surface area contributed by atoms with E-state index in [1.807, 2.05) is 31.2 Å². The second-order valence-electron chi connectivity index (χ2n) is 3.06. The van der Waals surface area contributed by atoms with E-state index in [4.69, 9.17) is 4.74 Å². The number of hydrogen-bond acceptors (Lipinski definition) is 2. The zero-order valence-corrected chi connectivity index (χ0v) is 8.92. The van der Waals surface area contributed by atoms with Gasteiger partial charge in [-0.2, -0.15) is 0 Å². The van der Waals surface area contributed by atoms with Crippen LogP contribution < -0.4 is 4.74 Å². The molecular formula is C12H12OS. The highest BCUT2D eigenvalue weighted by molar-refractivity contribution is 7.80. The van der Waals surface area contributed by atoms with Crippen LogP contribution in [0.4, 0.5) is 0 Å². The van der Waals surface area contributed by atoms with Crippen LogP contribution in [0.25, 0.3) is 10.8 Å². The molecule has 0 aliphatic carbocycles. The molecule has 0 saturated heterocycles. The van der Waals surface area contributed by atoms with Gasteiger partial charge in [-0.1, -0.05) is 24.3 Å². The summed E-state index contributed by atoms with van der Waals surface area (Å²) >= 11 is 4.41. The fraction of sp³-hybridized carbons (Fsp3) is 0.167. The summed E-state index contributed by atoms with van der Waals surface area (Å²) in [5.41, 5.74) is 0. The molecule has 0 aliphatic heterocycles. The maximum atomic E-state index is 5.54. The summed E-state index contributed by atoms with van der Waals surface area (Å²) < 4.78 is 5.54. The number of rotatable bonds is 2. The molecule has 14 heavy (non-hydrogen) atoms. The molecule has 0 N–H and O–H groups in total. The van der Waals surface area contributed by atoms with Crippen molar-refractivity contribution in [2.75, 3.05) is 6.61 Å². The number of fused-ring (bicyclic) bond motifs is 1. The monoisotopic (exact) mass is 204 g/mol. The highest BCUT2D eigenvalue weighted by Gasteiger charge is 2.02. The minimum Gasteiger partial charge on any atom is -0.493 e. The first kappa shape index (κ1) is 9.41. The molecule has 2 rings (SSSR count). The number of hydrogen-bond donors (Lipinski definition) is 1. The standard InChI is InChI=1S/C12H12OS/c1-2-13-11-7-8-12(14)10-6-4-3-5-9(10)11/h3-8,14H,2H2,1H3. The van der Waals surface area contributed by atoms with Gasteiger partial charge in [-0.15, -0.1) is 12.6 Å². The van der Waals surface area contributed by atoms with E-state index in [1.165, 1.54) is 0 Å². The molecule has 0 unspecified atom stereocenters. The maximum absolute atomic E-state index is 5.54. The molecule has 2 aromatic carbocycles. The maximum Gasteiger partial charge on any atom is 0.127 e. The molecular weight excluding hydrogens is 192 g/mol. The molecule has 0 bridgehead atoms. The van der Waals surface area contributed by atoms with Gasteiger partial charge in [-0.05, 0) is 24.4 Å². The van der Waals surface area contributed by atoms with Crippen molar-refractivity contribution in [2.24, 2.45) is 0 Å². The molecule has 0 amide bonds. The van der Waals surface area contributed by atoms with Gasteiger partial charge in [0.1, 0.15) is 5.75 Å². The third-order valence-corrected chi connectivity index (χ3v) is 2.55. The fourth-order valence-corrected chi connectivity index (χ4v) is 1.81. The molecule has 0 radical (unpaired) electrons. The van der Waals surface area contributed by atoms with Gasteiger partial charge in [0.15, 0.2) is 0 Å².